The third-order valence-electron chi connectivity index (χ3n) is 4.21. The Morgan fingerprint density at radius 3 is 2.26 bits per heavy atom. The molecular weight excluding hydrogens is 268 g/mol. The Bertz CT molecular complexity index is 385. The zero-order valence-corrected chi connectivity index (χ0v) is 14.0. The number of hydrogen-bond acceptors (Lipinski definition) is 2. The van der Waals surface area contributed by atoms with E-state index in [2.05, 4.69) is 56.4 Å². The van der Waals surface area contributed by atoms with E-state index in [1.807, 2.05) is 0 Å². The Kier molecular flexibility index (Phi) is 5.70. The minimum Gasteiger partial charge on any atom is -0.179 e. The van der Waals surface area contributed by atoms with E-state index in [0.717, 1.165) is 11.5 Å². The fraction of sp³-hybridized carbons (Fsp3) is 0.647. The predicted octanol–water partition coefficient (Wildman–Crippen LogP) is 5.42. The molecule has 0 saturated heterocycles. The van der Waals surface area contributed by atoms with Crippen LogP contribution in [0.1, 0.15) is 48.8 Å². The van der Waals surface area contributed by atoms with E-state index < -0.39 is 0 Å². The van der Waals surface area contributed by atoms with Crippen molar-refractivity contribution in [3.8, 4) is 0 Å². The van der Waals surface area contributed by atoms with Crippen molar-refractivity contribution in [3.05, 3.63) is 34.9 Å². The maximum atomic E-state index is 4.63. The van der Waals surface area contributed by atoms with Crippen molar-refractivity contribution in [3.63, 3.8) is 0 Å². The number of thiol groups is 1. The van der Waals surface area contributed by atoms with Crippen LogP contribution in [-0.4, -0.2) is 11.5 Å². The number of benzene rings is 1. The van der Waals surface area contributed by atoms with Crippen molar-refractivity contribution in [1.29, 1.82) is 0 Å². The number of aryl methyl sites for hydroxylation is 2. The van der Waals surface area contributed by atoms with Gasteiger partial charge >= 0.3 is 0 Å². The summed E-state index contributed by atoms with van der Waals surface area (Å²) in [5, 5.41) is 0. The van der Waals surface area contributed by atoms with Gasteiger partial charge in [-0.2, -0.15) is 24.4 Å². The molecule has 0 heterocycles. The van der Waals surface area contributed by atoms with E-state index in [1.165, 1.54) is 54.5 Å². The average molecular weight is 295 g/mol. The molecule has 0 bridgehead atoms. The van der Waals surface area contributed by atoms with Gasteiger partial charge in [-0.1, -0.05) is 48.6 Å². The third kappa shape index (κ3) is 4.46. The molecule has 0 spiro atoms. The molecule has 1 fully saturated rings. The minimum absolute atomic E-state index is 0.519. The second-order valence-electron chi connectivity index (χ2n) is 6.21. The summed E-state index contributed by atoms with van der Waals surface area (Å²) >= 11 is 6.73. The Morgan fingerprint density at radius 1 is 1.05 bits per heavy atom. The Labute approximate surface area is 128 Å². The van der Waals surface area contributed by atoms with Gasteiger partial charge in [0, 0.05) is 11.5 Å². The third-order valence-corrected chi connectivity index (χ3v) is 6.23. The van der Waals surface area contributed by atoms with Crippen LogP contribution >= 0.6 is 24.4 Å². The molecule has 0 nitrogen and oxygen atoms in total. The van der Waals surface area contributed by atoms with Crippen molar-refractivity contribution >= 4 is 24.4 Å². The molecular formula is C17H26S2. The molecule has 2 heteroatoms. The summed E-state index contributed by atoms with van der Waals surface area (Å²) in [5.74, 6) is 3.49. The SMILES string of the molecule is Cc1cc(C)cc(CSCC2(CS)CCCCC2)c1. The zero-order chi connectivity index (χ0) is 13.7. The van der Waals surface area contributed by atoms with Crippen LogP contribution in [0.4, 0.5) is 0 Å². The van der Waals surface area contributed by atoms with E-state index in [1.54, 1.807) is 0 Å². The zero-order valence-electron chi connectivity index (χ0n) is 12.2. The van der Waals surface area contributed by atoms with E-state index in [0.29, 0.717) is 5.41 Å². The van der Waals surface area contributed by atoms with E-state index >= 15 is 0 Å². The van der Waals surface area contributed by atoms with E-state index in [9.17, 15) is 0 Å². The Morgan fingerprint density at radius 2 is 1.68 bits per heavy atom. The van der Waals surface area contributed by atoms with Gasteiger partial charge in [0.25, 0.3) is 0 Å². The lowest BCUT2D eigenvalue weighted by atomic mass is 9.77. The van der Waals surface area contributed by atoms with Crippen LogP contribution in [-0.2, 0) is 5.75 Å². The summed E-state index contributed by atoms with van der Waals surface area (Å²) < 4.78 is 0. The Hall–Kier alpha value is -0.0800. The summed E-state index contributed by atoms with van der Waals surface area (Å²) in [5.41, 5.74) is 4.77. The van der Waals surface area contributed by atoms with Crippen LogP contribution in [0.25, 0.3) is 0 Å². The van der Waals surface area contributed by atoms with Crippen molar-refractivity contribution in [2.75, 3.05) is 11.5 Å². The van der Waals surface area contributed by atoms with Gasteiger partial charge in [0.1, 0.15) is 0 Å². The van der Waals surface area contributed by atoms with Gasteiger partial charge < -0.3 is 0 Å². The van der Waals surface area contributed by atoms with Crippen LogP contribution in [0.3, 0.4) is 0 Å². The van der Waals surface area contributed by atoms with Crippen molar-refractivity contribution in [2.45, 2.75) is 51.7 Å². The van der Waals surface area contributed by atoms with Gasteiger partial charge in [-0.3, -0.25) is 0 Å². The molecule has 0 aliphatic heterocycles. The largest absolute Gasteiger partial charge is 0.179 e. The highest BCUT2D eigenvalue weighted by Crippen LogP contribution is 2.40. The summed E-state index contributed by atoms with van der Waals surface area (Å²) in [6, 6.07) is 6.91. The highest BCUT2D eigenvalue weighted by molar-refractivity contribution is 7.98. The molecule has 0 amide bonds. The molecule has 19 heavy (non-hydrogen) atoms. The molecule has 0 radical (unpaired) electrons. The molecule has 1 saturated carbocycles. The molecule has 2 rings (SSSR count). The second kappa shape index (κ2) is 7.08. The monoisotopic (exact) mass is 294 g/mol. The number of hydrogen-bond donors (Lipinski definition) is 1. The number of rotatable bonds is 5. The van der Waals surface area contributed by atoms with Gasteiger partial charge in [0.2, 0.25) is 0 Å². The van der Waals surface area contributed by atoms with Crippen molar-refractivity contribution < 1.29 is 0 Å². The first-order chi connectivity index (χ1) is 9.13. The fourth-order valence-electron chi connectivity index (χ4n) is 3.19. The summed E-state index contributed by atoms with van der Waals surface area (Å²) in [6.07, 6.45) is 7.01. The van der Waals surface area contributed by atoms with Crippen LogP contribution in [0.15, 0.2) is 18.2 Å². The first-order valence-electron chi connectivity index (χ1n) is 7.39. The Balaban J connectivity index is 1.88. The molecule has 1 aliphatic carbocycles. The topological polar surface area (TPSA) is 0 Å². The summed E-state index contributed by atoms with van der Waals surface area (Å²) in [6.45, 7) is 4.38. The second-order valence-corrected chi connectivity index (χ2v) is 7.51. The maximum absolute atomic E-state index is 4.63. The quantitative estimate of drug-likeness (QED) is 0.708. The minimum atomic E-state index is 0.519. The first kappa shape index (κ1) is 15.3. The van der Waals surface area contributed by atoms with E-state index in [4.69, 9.17) is 0 Å². The van der Waals surface area contributed by atoms with Crippen molar-refractivity contribution in [2.24, 2.45) is 5.41 Å². The maximum Gasteiger partial charge on any atom is 0.0184 e. The molecule has 1 aromatic carbocycles. The van der Waals surface area contributed by atoms with E-state index in [-0.39, 0.29) is 0 Å². The van der Waals surface area contributed by atoms with Crippen molar-refractivity contribution in [1.82, 2.24) is 0 Å². The molecule has 0 atom stereocenters. The fourth-order valence-corrected chi connectivity index (χ4v) is 5.10. The van der Waals surface area contributed by atoms with Crippen LogP contribution in [0.5, 0.6) is 0 Å². The molecule has 106 valence electrons. The smallest absolute Gasteiger partial charge is 0.0184 e. The first-order valence-corrected chi connectivity index (χ1v) is 9.18. The van der Waals surface area contributed by atoms with Crippen LogP contribution in [0.2, 0.25) is 0 Å². The molecule has 0 unspecified atom stereocenters. The lowest BCUT2D eigenvalue weighted by Crippen LogP contribution is -2.28. The average Bonchev–Trinajstić information content (AvgIpc) is 2.39. The van der Waals surface area contributed by atoms with Gasteiger partial charge in [0.05, 0.1) is 0 Å². The summed E-state index contributed by atoms with van der Waals surface area (Å²) in [4.78, 5) is 0. The highest BCUT2D eigenvalue weighted by Gasteiger charge is 2.30. The predicted molar refractivity (Wildman–Crippen MR) is 91.4 cm³/mol. The molecule has 1 aliphatic rings. The lowest BCUT2D eigenvalue weighted by molar-refractivity contribution is 0.259. The molecule has 0 N–H and O–H groups in total. The van der Waals surface area contributed by atoms with Gasteiger partial charge in [-0.05, 0) is 43.4 Å². The lowest BCUT2D eigenvalue weighted by Gasteiger charge is -2.35. The van der Waals surface area contributed by atoms with Gasteiger partial charge in [0.15, 0.2) is 0 Å². The van der Waals surface area contributed by atoms with Gasteiger partial charge in [-0.25, -0.2) is 0 Å². The highest BCUT2D eigenvalue weighted by atomic mass is 32.2. The normalized spacial score (nSPS) is 18.5. The van der Waals surface area contributed by atoms with Gasteiger partial charge in [-0.15, -0.1) is 0 Å². The molecule has 0 aromatic heterocycles. The number of thioether (sulfide) groups is 1. The van der Waals surface area contributed by atoms with Crippen LogP contribution in [0, 0.1) is 19.3 Å². The summed E-state index contributed by atoms with van der Waals surface area (Å²) in [7, 11) is 0. The standard InChI is InChI=1S/C17H26S2/c1-14-8-15(2)10-16(9-14)11-19-13-17(12-18)6-4-3-5-7-17/h8-10,18H,3-7,11-13H2,1-2H3. The molecule has 1 aromatic rings. The van der Waals surface area contributed by atoms with Crippen LogP contribution < -0.4 is 0 Å².